The van der Waals surface area contributed by atoms with Gasteiger partial charge in [-0.05, 0) is 73.6 Å². The molecule has 0 atom stereocenters. The highest BCUT2D eigenvalue weighted by Crippen LogP contribution is 2.40. The standard InChI is InChI=1S/C15H13FN4.C13H10FN5O2.C4H8O/c16-12-7-10-8-17-20-14(10)19-15(12)18-13-6-2-4-9-3-1-5-11(9)13;14-7-4-6-11(15)18-19-12(6)17-13(7)16-8-2-1-3-9-10(8)21-5-20-9;1-2-4-5-3-1/h2,4,6-8H,1,3,5H2,(H2,17,18,19,20);1-4H,5H2,(H4,15,16,17,18,19);1-4H2. The van der Waals surface area contributed by atoms with Crippen LogP contribution in [-0.2, 0) is 17.6 Å². The van der Waals surface area contributed by atoms with Crippen molar-refractivity contribution in [2.45, 2.75) is 32.1 Å². The Labute approximate surface area is 261 Å². The number of nitrogens with two attached hydrogens (primary N) is 1. The Bertz CT molecular complexity index is 2000. The summed E-state index contributed by atoms with van der Waals surface area (Å²) in [4.78, 5) is 8.36. The van der Waals surface area contributed by atoms with Gasteiger partial charge in [0.05, 0.1) is 17.3 Å². The van der Waals surface area contributed by atoms with Gasteiger partial charge in [0.2, 0.25) is 6.79 Å². The number of hydrogen-bond acceptors (Lipinski definition) is 10. The van der Waals surface area contributed by atoms with E-state index < -0.39 is 5.82 Å². The van der Waals surface area contributed by atoms with Gasteiger partial charge >= 0.3 is 0 Å². The molecule has 4 aromatic heterocycles. The normalized spacial score (nSPS) is 14.4. The molecule has 6 heterocycles. The molecule has 1 aliphatic carbocycles. The van der Waals surface area contributed by atoms with Crippen LogP contribution in [0.5, 0.6) is 11.5 Å². The van der Waals surface area contributed by atoms with Crippen LogP contribution in [0.1, 0.15) is 30.4 Å². The molecule has 46 heavy (non-hydrogen) atoms. The number of hydrogen-bond donors (Lipinski definition) is 5. The summed E-state index contributed by atoms with van der Waals surface area (Å²) < 4.78 is 43.8. The van der Waals surface area contributed by atoms with Crippen molar-refractivity contribution in [3.05, 3.63) is 77.5 Å². The Kier molecular flexibility index (Phi) is 8.16. The summed E-state index contributed by atoms with van der Waals surface area (Å²) in [5.74, 6) is 0.785. The third-order valence-electron chi connectivity index (χ3n) is 7.78. The van der Waals surface area contributed by atoms with Gasteiger partial charge in [-0.2, -0.15) is 10.2 Å². The van der Waals surface area contributed by atoms with E-state index >= 15 is 0 Å². The summed E-state index contributed by atoms with van der Waals surface area (Å²) in [5.41, 5.74) is 10.7. The number of aryl methyl sites for hydroxylation is 1. The van der Waals surface area contributed by atoms with Gasteiger partial charge in [0.25, 0.3) is 0 Å². The number of aromatic amines is 2. The van der Waals surface area contributed by atoms with E-state index in [-0.39, 0.29) is 30.1 Å². The van der Waals surface area contributed by atoms with E-state index in [1.54, 1.807) is 24.4 Å². The quantitative estimate of drug-likeness (QED) is 0.150. The highest BCUT2D eigenvalue weighted by molar-refractivity contribution is 5.87. The fourth-order valence-corrected chi connectivity index (χ4v) is 5.50. The van der Waals surface area contributed by atoms with Crippen LogP contribution in [0.25, 0.3) is 22.1 Å². The second kappa shape index (κ2) is 12.9. The van der Waals surface area contributed by atoms with Gasteiger partial charge in [0, 0.05) is 24.3 Å². The molecule has 1 saturated heterocycles. The number of ether oxygens (including phenoxy) is 3. The maximum Gasteiger partial charge on any atom is 0.231 e. The van der Waals surface area contributed by atoms with E-state index in [9.17, 15) is 8.78 Å². The lowest BCUT2D eigenvalue weighted by Crippen LogP contribution is -2.00. The first-order valence-electron chi connectivity index (χ1n) is 14.9. The van der Waals surface area contributed by atoms with Gasteiger partial charge in [-0.3, -0.25) is 10.2 Å². The third-order valence-corrected chi connectivity index (χ3v) is 7.78. The van der Waals surface area contributed by atoms with E-state index in [0.717, 1.165) is 38.2 Å². The van der Waals surface area contributed by atoms with Crippen molar-refractivity contribution in [3.8, 4) is 11.5 Å². The number of aromatic nitrogens is 6. The molecule has 2 aliphatic heterocycles. The fourth-order valence-electron chi connectivity index (χ4n) is 5.50. The minimum Gasteiger partial charge on any atom is -0.454 e. The number of benzene rings is 2. The number of fused-ring (bicyclic) bond motifs is 4. The Morgan fingerprint density at radius 1 is 0.826 bits per heavy atom. The molecule has 9 rings (SSSR count). The fraction of sp³-hybridized carbons (Fsp3) is 0.250. The molecule has 0 radical (unpaired) electrons. The second-order valence-electron chi connectivity index (χ2n) is 10.9. The molecule has 12 nitrogen and oxygen atoms in total. The summed E-state index contributed by atoms with van der Waals surface area (Å²) in [6.07, 6.45) is 7.41. The number of nitrogen functional groups attached to an aromatic ring is 1. The van der Waals surface area contributed by atoms with Gasteiger partial charge in [0.15, 0.2) is 46.1 Å². The number of para-hydroxylation sites is 1. The zero-order valence-electron chi connectivity index (χ0n) is 24.7. The largest absolute Gasteiger partial charge is 0.454 e. The molecule has 3 aliphatic rings. The number of nitrogens with zero attached hydrogens (tertiary/aromatic N) is 4. The number of pyridine rings is 2. The van der Waals surface area contributed by atoms with Crippen LogP contribution in [0.3, 0.4) is 0 Å². The first-order valence-corrected chi connectivity index (χ1v) is 14.9. The van der Waals surface area contributed by atoms with Gasteiger partial charge in [-0.1, -0.05) is 18.2 Å². The minimum atomic E-state index is -0.535. The average molecular weight is 628 g/mol. The summed E-state index contributed by atoms with van der Waals surface area (Å²) in [6.45, 7) is 2.14. The summed E-state index contributed by atoms with van der Waals surface area (Å²) >= 11 is 0. The van der Waals surface area contributed by atoms with E-state index in [4.69, 9.17) is 19.9 Å². The Morgan fingerprint density at radius 2 is 1.61 bits per heavy atom. The maximum atomic E-state index is 14.1. The van der Waals surface area contributed by atoms with Gasteiger partial charge in [-0.25, -0.2) is 18.7 Å². The van der Waals surface area contributed by atoms with Crippen molar-refractivity contribution < 1.29 is 23.0 Å². The molecule has 0 spiro atoms. The predicted octanol–water partition coefficient (Wildman–Crippen LogP) is 6.28. The molecule has 0 unspecified atom stereocenters. The van der Waals surface area contributed by atoms with E-state index in [0.29, 0.717) is 39.3 Å². The SMILES string of the molecule is C1CCOC1.Fc1cc2cn[nH]c2nc1Nc1cccc2c1CCC2.Nc1[nH]nc2nc(Nc3cccc4c3OCO4)c(F)cc12. The van der Waals surface area contributed by atoms with Gasteiger partial charge in [0.1, 0.15) is 5.82 Å². The van der Waals surface area contributed by atoms with Crippen LogP contribution in [-0.4, -0.2) is 50.4 Å². The molecule has 0 bridgehead atoms. The summed E-state index contributed by atoms with van der Waals surface area (Å²) in [6, 6.07) is 14.1. The van der Waals surface area contributed by atoms with Crippen molar-refractivity contribution in [2.75, 3.05) is 36.4 Å². The van der Waals surface area contributed by atoms with Crippen molar-refractivity contribution in [3.63, 3.8) is 0 Å². The predicted molar refractivity (Wildman–Crippen MR) is 170 cm³/mol. The van der Waals surface area contributed by atoms with E-state index in [2.05, 4.69) is 47.1 Å². The topological polar surface area (TPSA) is 161 Å². The lowest BCUT2D eigenvalue weighted by atomic mass is 10.1. The smallest absolute Gasteiger partial charge is 0.231 e. The zero-order chi connectivity index (χ0) is 31.5. The number of H-pyrrole nitrogens is 2. The van der Waals surface area contributed by atoms with Crippen molar-refractivity contribution in [1.82, 2.24) is 30.4 Å². The van der Waals surface area contributed by atoms with Crippen LogP contribution in [0.15, 0.2) is 54.7 Å². The lowest BCUT2D eigenvalue weighted by Gasteiger charge is -2.11. The van der Waals surface area contributed by atoms with Crippen molar-refractivity contribution in [1.29, 1.82) is 0 Å². The van der Waals surface area contributed by atoms with Crippen LogP contribution in [0.2, 0.25) is 0 Å². The number of nitrogens with one attached hydrogen (secondary N) is 4. The highest BCUT2D eigenvalue weighted by atomic mass is 19.1. The van der Waals surface area contributed by atoms with Crippen LogP contribution in [0.4, 0.5) is 37.6 Å². The number of anilines is 5. The molecule has 6 aromatic rings. The molecule has 2 aromatic carbocycles. The van der Waals surface area contributed by atoms with Crippen molar-refractivity contribution >= 4 is 50.9 Å². The monoisotopic (exact) mass is 627 g/mol. The molecule has 236 valence electrons. The molecule has 6 N–H and O–H groups in total. The minimum absolute atomic E-state index is 0.0397. The number of halogens is 2. The first-order chi connectivity index (χ1) is 22.5. The van der Waals surface area contributed by atoms with E-state index in [1.807, 2.05) is 12.1 Å². The molecule has 0 amide bonds. The maximum absolute atomic E-state index is 14.1. The van der Waals surface area contributed by atoms with Crippen LogP contribution in [0, 0.1) is 11.6 Å². The Morgan fingerprint density at radius 3 is 2.46 bits per heavy atom. The molecular weight excluding hydrogens is 596 g/mol. The van der Waals surface area contributed by atoms with Crippen LogP contribution < -0.4 is 25.8 Å². The summed E-state index contributed by atoms with van der Waals surface area (Å²) in [7, 11) is 0. The average Bonchev–Trinajstić information content (AvgIpc) is 3.90. The summed E-state index contributed by atoms with van der Waals surface area (Å²) in [5, 5.41) is 20.2. The van der Waals surface area contributed by atoms with Gasteiger partial charge in [-0.15, -0.1) is 0 Å². The third kappa shape index (κ3) is 6.06. The van der Waals surface area contributed by atoms with Crippen molar-refractivity contribution in [2.24, 2.45) is 0 Å². The Hall–Kier alpha value is -5.50. The molecular formula is C32H31F2N9O3. The van der Waals surface area contributed by atoms with E-state index in [1.165, 1.54) is 36.1 Å². The first kappa shape index (κ1) is 29.2. The molecule has 1 fully saturated rings. The second-order valence-corrected chi connectivity index (χ2v) is 10.9. The molecule has 14 heteroatoms. The van der Waals surface area contributed by atoms with Crippen LogP contribution >= 0.6 is 0 Å². The Balaban J connectivity index is 0.000000128. The number of rotatable bonds is 4. The zero-order valence-corrected chi connectivity index (χ0v) is 24.7. The van der Waals surface area contributed by atoms with Gasteiger partial charge < -0.3 is 30.6 Å². The molecule has 0 saturated carbocycles. The highest BCUT2D eigenvalue weighted by Gasteiger charge is 2.20. The lowest BCUT2D eigenvalue weighted by molar-refractivity contribution is 0.174.